The van der Waals surface area contributed by atoms with E-state index >= 15 is 0 Å². The molecule has 0 spiro atoms. The molecule has 1 unspecified atom stereocenters. The van der Waals surface area contributed by atoms with E-state index in [4.69, 9.17) is 22.1 Å². The number of halogens is 4. The predicted molar refractivity (Wildman–Crippen MR) is 60.3 cm³/mol. The number of alkyl halides is 2. The first-order chi connectivity index (χ1) is 7.79. The molecule has 0 bridgehead atoms. The highest BCUT2D eigenvalue weighted by Gasteiger charge is 2.32. The van der Waals surface area contributed by atoms with Crippen LogP contribution in [0, 0.1) is 5.82 Å². The summed E-state index contributed by atoms with van der Waals surface area (Å²) in [6, 6.07) is 2.44. The molecule has 1 rings (SSSR count). The van der Waals surface area contributed by atoms with Crippen molar-refractivity contribution in [2.45, 2.75) is 25.3 Å². The SMILES string of the molecule is COc1ccc(F)c(Cl)c1CC(C)(N)C(F)F. The molecule has 0 aliphatic carbocycles. The quantitative estimate of drug-likeness (QED) is 0.910. The summed E-state index contributed by atoms with van der Waals surface area (Å²) in [5.74, 6) is -0.443. The second-order valence-corrected chi connectivity index (χ2v) is 4.40. The van der Waals surface area contributed by atoms with Crippen LogP contribution in [0.15, 0.2) is 12.1 Å². The van der Waals surface area contributed by atoms with Crippen LogP contribution >= 0.6 is 11.6 Å². The lowest BCUT2D eigenvalue weighted by Crippen LogP contribution is -2.46. The maximum Gasteiger partial charge on any atom is 0.256 e. The molecule has 1 atom stereocenters. The van der Waals surface area contributed by atoms with E-state index in [2.05, 4.69) is 0 Å². The van der Waals surface area contributed by atoms with Gasteiger partial charge in [0.1, 0.15) is 11.6 Å². The van der Waals surface area contributed by atoms with Gasteiger partial charge in [0.2, 0.25) is 0 Å². The molecule has 0 aliphatic heterocycles. The summed E-state index contributed by atoms with van der Waals surface area (Å²) in [6.07, 6.45) is -3.02. The fourth-order valence-electron chi connectivity index (χ4n) is 1.39. The lowest BCUT2D eigenvalue weighted by Gasteiger charge is -2.25. The summed E-state index contributed by atoms with van der Waals surface area (Å²) in [6.45, 7) is 1.18. The van der Waals surface area contributed by atoms with Gasteiger partial charge in [-0.25, -0.2) is 13.2 Å². The van der Waals surface area contributed by atoms with Gasteiger partial charge in [0, 0.05) is 12.0 Å². The van der Waals surface area contributed by atoms with Gasteiger partial charge in [-0.1, -0.05) is 11.6 Å². The van der Waals surface area contributed by atoms with Crippen molar-refractivity contribution < 1.29 is 17.9 Å². The summed E-state index contributed by atoms with van der Waals surface area (Å²) in [5, 5.41) is -0.235. The molecule has 96 valence electrons. The van der Waals surface area contributed by atoms with Gasteiger partial charge < -0.3 is 10.5 Å². The summed E-state index contributed by atoms with van der Waals surface area (Å²) in [4.78, 5) is 0. The van der Waals surface area contributed by atoms with Crippen molar-refractivity contribution in [3.05, 3.63) is 28.5 Å². The Morgan fingerprint density at radius 3 is 2.53 bits per heavy atom. The van der Waals surface area contributed by atoms with Crippen molar-refractivity contribution >= 4 is 11.6 Å². The molecule has 6 heteroatoms. The molecular formula is C11H13ClF3NO. The molecule has 17 heavy (non-hydrogen) atoms. The smallest absolute Gasteiger partial charge is 0.256 e. The second-order valence-electron chi connectivity index (χ2n) is 4.03. The molecule has 0 amide bonds. The Bertz CT molecular complexity index is 410. The molecular weight excluding hydrogens is 255 g/mol. The Morgan fingerprint density at radius 2 is 2.06 bits per heavy atom. The van der Waals surface area contributed by atoms with Gasteiger partial charge in [0.05, 0.1) is 17.7 Å². The Balaban J connectivity index is 3.17. The minimum absolute atomic E-state index is 0.152. The summed E-state index contributed by atoms with van der Waals surface area (Å²) in [5.41, 5.74) is 3.81. The molecule has 0 heterocycles. The largest absolute Gasteiger partial charge is 0.496 e. The zero-order valence-electron chi connectivity index (χ0n) is 9.44. The number of benzene rings is 1. The summed E-state index contributed by atoms with van der Waals surface area (Å²) in [7, 11) is 1.35. The van der Waals surface area contributed by atoms with Crippen molar-refractivity contribution in [1.82, 2.24) is 0 Å². The first-order valence-corrected chi connectivity index (χ1v) is 5.25. The van der Waals surface area contributed by atoms with Crippen molar-refractivity contribution in [2.75, 3.05) is 7.11 Å². The van der Waals surface area contributed by atoms with Crippen LogP contribution in [-0.2, 0) is 6.42 Å². The second kappa shape index (κ2) is 5.14. The Hall–Kier alpha value is -0.940. The van der Waals surface area contributed by atoms with E-state index in [9.17, 15) is 13.2 Å². The van der Waals surface area contributed by atoms with E-state index in [1.54, 1.807) is 0 Å². The molecule has 0 saturated heterocycles. The van der Waals surface area contributed by atoms with Gasteiger partial charge in [-0.15, -0.1) is 0 Å². The number of nitrogens with two attached hydrogens (primary N) is 1. The van der Waals surface area contributed by atoms with Crippen LogP contribution in [0.2, 0.25) is 5.02 Å². The molecule has 0 aromatic heterocycles. The maximum atomic E-state index is 13.3. The number of hydrogen-bond acceptors (Lipinski definition) is 2. The van der Waals surface area contributed by atoms with Crippen LogP contribution in [-0.4, -0.2) is 19.1 Å². The topological polar surface area (TPSA) is 35.2 Å². The average molecular weight is 268 g/mol. The van der Waals surface area contributed by atoms with Gasteiger partial charge in [-0.3, -0.25) is 0 Å². The zero-order valence-corrected chi connectivity index (χ0v) is 10.2. The third-order valence-electron chi connectivity index (χ3n) is 2.43. The lowest BCUT2D eigenvalue weighted by atomic mass is 9.93. The summed E-state index contributed by atoms with van der Waals surface area (Å²) < 4.78 is 43.5. The molecule has 2 nitrogen and oxygen atoms in total. The minimum Gasteiger partial charge on any atom is -0.496 e. The van der Waals surface area contributed by atoms with Gasteiger partial charge >= 0.3 is 0 Å². The first-order valence-electron chi connectivity index (χ1n) is 4.87. The normalized spacial score (nSPS) is 14.8. The van der Waals surface area contributed by atoms with Crippen LogP contribution in [0.25, 0.3) is 0 Å². The van der Waals surface area contributed by atoms with Crippen molar-refractivity contribution in [3.8, 4) is 5.75 Å². The number of methoxy groups -OCH3 is 1. The standard InChI is InChI=1S/C11H13ClF3NO/c1-11(16,10(14)15)5-6-8(17-2)4-3-7(13)9(6)12/h3-4,10H,5,16H2,1-2H3. The first kappa shape index (κ1) is 14.1. The number of hydrogen-bond donors (Lipinski definition) is 1. The van der Waals surface area contributed by atoms with E-state index < -0.39 is 17.8 Å². The van der Waals surface area contributed by atoms with Crippen LogP contribution in [0.1, 0.15) is 12.5 Å². The zero-order chi connectivity index (χ0) is 13.2. The van der Waals surface area contributed by atoms with Gasteiger partial charge in [-0.05, 0) is 19.1 Å². The number of rotatable bonds is 4. The van der Waals surface area contributed by atoms with E-state index in [0.717, 1.165) is 6.07 Å². The van der Waals surface area contributed by atoms with Crippen molar-refractivity contribution in [3.63, 3.8) is 0 Å². The highest BCUT2D eigenvalue weighted by molar-refractivity contribution is 6.31. The van der Waals surface area contributed by atoms with E-state index in [1.807, 2.05) is 0 Å². The van der Waals surface area contributed by atoms with Gasteiger partial charge in [0.25, 0.3) is 6.43 Å². The van der Waals surface area contributed by atoms with E-state index in [-0.39, 0.29) is 22.8 Å². The van der Waals surface area contributed by atoms with Crippen LogP contribution < -0.4 is 10.5 Å². The lowest BCUT2D eigenvalue weighted by molar-refractivity contribution is 0.0636. The minimum atomic E-state index is -2.74. The molecule has 0 fully saturated rings. The highest BCUT2D eigenvalue weighted by atomic mass is 35.5. The molecule has 2 N–H and O–H groups in total. The van der Waals surface area contributed by atoms with Crippen LogP contribution in [0.3, 0.4) is 0 Å². The molecule has 1 aromatic rings. The molecule has 0 saturated carbocycles. The fraction of sp³-hybridized carbons (Fsp3) is 0.455. The third kappa shape index (κ3) is 3.04. The van der Waals surface area contributed by atoms with Gasteiger partial charge in [-0.2, -0.15) is 0 Å². The summed E-state index contributed by atoms with van der Waals surface area (Å²) >= 11 is 5.73. The maximum absolute atomic E-state index is 13.3. The highest BCUT2D eigenvalue weighted by Crippen LogP contribution is 2.32. The van der Waals surface area contributed by atoms with E-state index in [1.165, 1.54) is 20.1 Å². The molecule has 0 radical (unpaired) electrons. The molecule has 0 aliphatic rings. The average Bonchev–Trinajstić information content (AvgIpc) is 2.25. The van der Waals surface area contributed by atoms with Crippen LogP contribution in [0.4, 0.5) is 13.2 Å². The Labute approximate surface area is 103 Å². The third-order valence-corrected chi connectivity index (χ3v) is 2.84. The van der Waals surface area contributed by atoms with Crippen molar-refractivity contribution in [1.29, 1.82) is 0 Å². The van der Waals surface area contributed by atoms with Crippen LogP contribution in [0.5, 0.6) is 5.75 Å². The monoisotopic (exact) mass is 267 g/mol. The number of ether oxygens (including phenoxy) is 1. The predicted octanol–water partition coefficient (Wildman–Crippen LogP) is 3.01. The van der Waals surface area contributed by atoms with Gasteiger partial charge in [0.15, 0.2) is 0 Å². The molecule has 1 aromatic carbocycles. The Morgan fingerprint density at radius 1 is 1.47 bits per heavy atom. The van der Waals surface area contributed by atoms with E-state index in [0.29, 0.717) is 0 Å². The fourth-order valence-corrected chi connectivity index (χ4v) is 1.61. The Kier molecular flexibility index (Phi) is 4.27. The van der Waals surface area contributed by atoms with Crippen molar-refractivity contribution in [2.24, 2.45) is 5.73 Å².